The number of H-pyrrole nitrogens is 2. The third-order valence-electron chi connectivity index (χ3n) is 29.1. The van der Waals surface area contributed by atoms with Crippen LogP contribution >= 0.6 is 0 Å². The van der Waals surface area contributed by atoms with Gasteiger partial charge in [0.25, 0.3) is 0 Å². The molecule has 2 aliphatic heterocycles. The van der Waals surface area contributed by atoms with E-state index in [9.17, 15) is 0 Å². The van der Waals surface area contributed by atoms with E-state index in [-0.39, 0.29) is 43.3 Å². The van der Waals surface area contributed by atoms with E-state index in [1.54, 1.807) is 0 Å². The Kier molecular flexibility index (Phi) is 26.6. The van der Waals surface area contributed by atoms with Gasteiger partial charge in [0.15, 0.2) is 23.3 Å². The average molecular weight is 1800 g/mol. The molecule has 0 fully saturated rings. The monoisotopic (exact) mass is 1800 g/mol. The minimum Gasteiger partial charge on any atom is -0.324 e. The summed E-state index contributed by atoms with van der Waals surface area (Å²) < 4.78 is 0. The van der Waals surface area contributed by atoms with Crippen LogP contribution in [0.25, 0.3) is 89.7 Å². The van der Waals surface area contributed by atoms with Gasteiger partial charge in [0, 0.05) is 43.8 Å². The molecule has 8 heteroatoms. The molecular weight excluding hydrogens is 1650 g/mol. The zero-order valence-electron chi connectivity index (χ0n) is 86.1. The van der Waals surface area contributed by atoms with Crippen molar-refractivity contribution in [3.63, 3.8) is 0 Å². The molecule has 2 aliphatic rings. The van der Waals surface area contributed by atoms with Crippen LogP contribution in [0.2, 0.25) is 0 Å². The van der Waals surface area contributed by atoms with Crippen molar-refractivity contribution in [1.82, 2.24) is 39.9 Å². The lowest BCUT2D eigenvalue weighted by Gasteiger charge is -2.19. The molecule has 0 radical (unpaired) electrons. The molecule has 8 nitrogen and oxygen atoms in total. The van der Waals surface area contributed by atoms with Crippen molar-refractivity contribution >= 4 is 44.1 Å². The molecule has 3 aromatic heterocycles. The second kappa shape index (κ2) is 37.8. The van der Waals surface area contributed by atoms with E-state index in [0.717, 1.165) is 147 Å². The Hall–Kier alpha value is -12.0. The van der Waals surface area contributed by atoms with Crippen LogP contribution in [0.5, 0.6) is 0 Å². The molecule has 12 aromatic carbocycles. The fourth-order valence-electron chi connectivity index (χ4n) is 19.8. The van der Waals surface area contributed by atoms with Gasteiger partial charge < -0.3 is 9.97 Å². The summed E-state index contributed by atoms with van der Waals surface area (Å²) in [5.74, 6) is 2.41. The predicted octanol–water partition coefficient (Wildman–Crippen LogP) is 31.5. The smallest absolute Gasteiger partial charge is 0.164 e. The summed E-state index contributed by atoms with van der Waals surface area (Å²) in [7, 11) is 0. The van der Waals surface area contributed by atoms with Crippen molar-refractivity contribution in [3.8, 4) is 45.6 Å². The molecule has 5 heterocycles. The number of aromatic nitrogens is 8. The normalized spacial score (nSPS) is 12.9. The lowest BCUT2D eigenvalue weighted by Crippen LogP contribution is -2.11. The first kappa shape index (κ1) is 95.7. The van der Waals surface area contributed by atoms with Crippen LogP contribution in [0.4, 0.5) is 0 Å². The number of nitrogens with one attached hydrogen (secondary N) is 2. The summed E-state index contributed by atoms with van der Waals surface area (Å²) in [5, 5.41) is 3.92. The SMILES string of the molecule is CC(C)(C)c1ccc(CCc2cc3c(cc2CCc2ccc(C(C)(C)C)cc2)-c2nc-3nc3[nH]c(nc4nc(nc5[nH]c(n2)c2cc(CCc6ccc(C(C)(C)C)cc6)c(CCc6ccc(C(C)(C)C)cc6)cc52)-c2cc(CCc5ccc(C(C)(C)C)cc5)c(CCc5ccc(C(C)(C)C)cc5)cc2-4)c2cc(CCc4ccc(C(C)(C)C)cc4)c(CCc4ccc(C(C)(C)C)cc4)cc32)cc1. The number of rotatable bonds is 24. The van der Waals surface area contributed by atoms with E-state index in [1.165, 1.54) is 134 Å². The van der Waals surface area contributed by atoms with Gasteiger partial charge >= 0.3 is 0 Å². The van der Waals surface area contributed by atoms with E-state index in [1.807, 2.05) is 0 Å². The second-order valence-electron chi connectivity index (χ2n) is 47.9. The summed E-state index contributed by atoms with van der Waals surface area (Å²) in [6, 6.07) is 94.4. The van der Waals surface area contributed by atoms with Gasteiger partial charge in [-0.25, -0.2) is 29.9 Å². The van der Waals surface area contributed by atoms with Gasteiger partial charge in [-0.1, -0.05) is 360 Å². The Morgan fingerprint density at radius 2 is 0.279 bits per heavy atom. The summed E-state index contributed by atoms with van der Waals surface area (Å²) >= 11 is 0. The van der Waals surface area contributed by atoms with Gasteiger partial charge in [-0.3, -0.25) is 0 Å². The molecule has 698 valence electrons. The van der Waals surface area contributed by atoms with Gasteiger partial charge in [0.2, 0.25) is 0 Å². The number of hydrogen-bond acceptors (Lipinski definition) is 6. The third kappa shape index (κ3) is 22.1. The summed E-state index contributed by atoms with van der Waals surface area (Å²) in [6.07, 6.45) is 13.5. The third-order valence-corrected chi connectivity index (χ3v) is 29.1. The number of nitrogens with zero attached hydrogens (tertiary/aromatic N) is 6. The fraction of sp³-hybridized carbons (Fsp3) is 0.375. The first-order chi connectivity index (χ1) is 64.3. The van der Waals surface area contributed by atoms with Gasteiger partial charge in [-0.2, -0.15) is 0 Å². The minimum atomic E-state index is 0.0354. The zero-order valence-corrected chi connectivity index (χ0v) is 86.1. The summed E-state index contributed by atoms with van der Waals surface area (Å²) in [6.45, 7) is 55.2. The molecular formula is C128H146N8. The van der Waals surface area contributed by atoms with Crippen LogP contribution in [0.1, 0.15) is 300 Å². The topological polar surface area (TPSA) is 109 Å². The molecule has 8 bridgehead atoms. The molecule has 0 amide bonds. The average Bonchev–Trinajstić information content (AvgIpc) is 1.59. The van der Waals surface area contributed by atoms with Gasteiger partial charge in [-0.05, 0) is 328 Å². The highest BCUT2D eigenvalue weighted by Crippen LogP contribution is 2.44. The zero-order chi connectivity index (χ0) is 96.3. The number of aromatic amines is 2. The molecule has 0 spiro atoms. The second-order valence-corrected chi connectivity index (χ2v) is 47.9. The maximum Gasteiger partial charge on any atom is 0.164 e. The Morgan fingerprint density at radius 1 is 0.154 bits per heavy atom. The van der Waals surface area contributed by atoms with Crippen molar-refractivity contribution < 1.29 is 0 Å². The van der Waals surface area contributed by atoms with E-state index in [4.69, 9.17) is 29.9 Å². The van der Waals surface area contributed by atoms with Crippen LogP contribution < -0.4 is 0 Å². The highest BCUT2D eigenvalue weighted by atomic mass is 15.1. The lowest BCUT2D eigenvalue weighted by molar-refractivity contribution is 0.589. The van der Waals surface area contributed by atoms with Crippen LogP contribution in [0.15, 0.2) is 243 Å². The summed E-state index contributed by atoms with van der Waals surface area (Å²) in [4.78, 5) is 43.9. The summed E-state index contributed by atoms with van der Waals surface area (Å²) in [5.41, 5.74) is 38.3. The fourth-order valence-corrected chi connectivity index (χ4v) is 19.8. The van der Waals surface area contributed by atoms with Gasteiger partial charge in [0.1, 0.15) is 22.6 Å². The van der Waals surface area contributed by atoms with E-state index in [2.05, 4.69) is 419 Å². The largest absolute Gasteiger partial charge is 0.324 e. The first-order valence-corrected chi connectivity index (χ1v) is 50.5. The van der Waals surface area contributed by atoms with E-state index >= 15 is 0 Å². The highest BCUT2D eigenvalue weighted by molar-refractivity contribution is 6.07. The lowest BCUT2D eigenvalue weighted by atomic mass is 9.85. The Morgan fingerprint density at radius 3 is 0.404 bits per heavy atom. The standard InChI is InChI=1S/C128H146N8/c1-121(2,3)97-57-33-81(34-58-97)25-49-89-73-105-106(74-90(89)50-26-82-35-59-98(60-36-82)122(4,5)6)114-129-113(105)133-115-107-75-91(51-27-83-37-61-99(62-38-83)123(7,8)9)92(52-28-84-39-63-100(64-40-84)124(10,11)12)76-108(107)117(130-115)135-119-111-79-95(55-31-87-45-69-103(70-46-87)127(19,20)21)96(56-32-88-47-71-104(72-48-88)128(22,23)24)80-112(111)120(132-119)136-118-110-78-94(54-30-86-43-67-102(68-44-86)126(16,17)18)93(77-109(110)116(131-118)134-114)53-29-85-41-65-101(66-42-85)125(13,14)15/h33-48,57-80H,25-32,49-56H2,1-24H3,(H2,129,130,131,132,133,134,135,136). The molecule has 0 saturated heterocycles. The Labute approximate surface area is 812 Å². The Balaban J connectivity index is 0.937. The number of aryl methyl sites for hydroxylation is 16. The molecule has 0 unspecified atom stereocenters. The number of fused-ring (bicyclic) bond motifs is 20. The Bertz CT molecular complexity index is 6200. The van der Waals surface area contributed by atoms with Gasteiger partial charge in [-0.15, -0.1) is 0 Å². The van der Waals surface area contributed by atoms with Crippen LogP contribution in [0, 0.1) is 0 Å². The number of hydrogen-bond donors (Lipinski definition) is 2. The predicted molar refractivity (Wildman–Crippen MR) is 576 cm³/mol. The number of benzene rings is 12. The minimum absolute atomic E-state index is 0.0354. The highest BCUT2D eigenvalue weighted by Gasteiger charge is 2.30. The van der Waals surface area contributed by atoms with Crippen molar-refractivity contribution in [2.24, 2.45) is 0 Å². The van der Waals surface area contributed by atoms with E-state index < -0.39 is 0 Å². The van der Waals surface area contributed by atoms with Crippen LogP contribution in [-0.4, -0.2) is 39.9 Å². The van der Waals surface area contributed by atoms with E-state index in [0.29, 0.717) is 45.9 Å². The molecule has 15 aromatic rings. The molecule has 0 aliphatic carbocycles. The van der Waals surface area contributed by atoms with Crippen molar-refractivity contribution in [2.45, 2.75) is 312 Å². The van der Waals surface area contributed by atoms with Crippen LogP contribution in [-0.2, 0) is 146 Å². The molecule has 0 saturated carbocycles. The maximum absolute atomic E-state index is 6.02. The van der Waals surface area contributed by atoms with Crippen molar-refractivity contribution in [1.29, 1.82) is 0 Å². The molecule has 17 rings (SSSR count). The molecule has 136 heavy (non-hydrogen) atoms. The van der Waals surface area contributed by atoms with Crippen LogP contribution in [0.3, 0.4) is 0 Å². The maximum atomic E-state index is 6.02. The van der Waals surface area contributed by atoms with Crippen molar-refractivity contribution in [2.75, 3.05) is 0 Å². The van der Waals surface area contributed by atoms with Crippen molar-refractivity contribution in [3.05, 3.63) is 376 Å². The quantitative estimate of drug-likeness (QED) is 0.0624. The first-order valence-electron chi connectivity index (χ1n) is 50.5. The molecule has 0 atom stereocenters. The van der Waals surface area contributed by atoms with Gasteiger partial charge in [0.05, 0.1) is 0 Å². The molecule has 2 N–H and O–H groups in total.